The number of ether oxygens (including phenoxy) is 1. The molecule has 158 valence electrons. The van der Waals surface area contributed by atoms with Crippen LogP contribution in [-0.2, 0) is 26.3 Å². The molecular weight excluding hydrogens is 394 g/mol. The third-order valence-corrected chi connectivity index (χ3v) is 6.49. The third-order valence-electron chi connectivity index (χ3n) is 6.49. The first-order chi connectivity index (χ1) is 15.1. The van der Waals surface area contributed by atoms with Crippen LogP contribution in [0.25, 0.3) is 10.9 Å². The smallest absolute Gasteiger partial charge is 0.333 e. The number of hydrogen-bond donors (Lipinski definition) is 2. The number of esters is 1. The number of nitrogens with zero attached hydrogens (tertiary/aromatic N) is 1. The van der Waals surface area contributed by atoms with Crippen LogP contribution in [0.4, 0.5) is 0 Å². The summed E-state index contributed by atoms with van der Waals surface area (Å²) in [6.07, 6.45) is 1.10. The van der Waals surface area contributed by atoms with Gasteiger partial charge in [0.2, 0.25) is 5.91 Å². The molecule has 1 fully saturated rings. The van der Waals surface area contributed by atoms with Gasteiger partial charge in [-0.05, 0) is 36.6 Å². The van der Waals surface area contributed by atoms with Crippen LogP contribution in [0.2, 0.25) is 0 Å². The quantitative estimate of drug-likeness (QED) is 0.504. The molecule has 7 nitrogen and oxygen atoms in total. The topological polar surface area (TPSA) is 91.5 Å². The number of carbonyl (C=O) groups excluding carboxylic acids is 3. The van der Waals surface area contributed by atoms with E-state index < -0.39 is 17.4 Å². The summed E-state index contributed by atoms with van der Waals surface area (Å²) >= 11 is 0. The van der Waals surface area contributed by atoms with Crippen molar-refractivity contribution in [3.63, 3.8) is 0 Å². The molecule has 2 aliphatic rings. The van der Waals surface area contributed by atoms with Gasteiger partial charge in [-0.25, -0.2) is 4.79 Å². The van der Waals surface area contributed by atoms with Crippen molar-refractivity contribution in [1.82, 2.24) is 15.2 Å². The van der Waals surface area contributed by atoms with E-state index >= 15 is 0 Å². The summed E-state index contributed by atoms with van der Waals surface area (Å²) in [7, 11) is 1.33. The van der Waals surface area contributed by atoms with Crippen molar-refractivity contribution in [3.05, 3.63) is 71.4 Å². The van der Waals surface area contributed by atoms with Gasteiger partial charge in [-0.1, -0.05) is 36.4 Å². The number of methoxy groups -OCH3 is 1. The maximum Gasteiger partial charge on any atom is 0.333 e. The Balaban J connectivity index is 1.60. The molecular formula is C24H23N3O4. The highest BCUT2D eigenvalue weighted by molar-refractivity contribution is 6.08. The van der Waals surface area contributed by atoms with Crippen molar-refractivity contribution < 1.29 is 19.1 Å². The molecule has 1 saturated heterocycles. The van der Waals surface area contributed by atoms with Crippen LogP contribution in [0.15, 0.2) is 54.6 Å². The summed E-state index contributed by atoms with van der Waals surface area (Å²) in [5, 5.41) is 4.34. The number of rotatable bonds is 3. The Morgan fingerprint density at radius 3 is 2.61 bits per heavy atom. The van der Waals surface area contributed by atoms with Gasteiger partial charge in [0.1, 0.15) is 0 Å². The van der Waals surface area contributed by atoms with Crippen LogP contribution in [0.3, 0.4) is 0 Å². The number of carbonyl (C=O) groups is 3. The van der Waals surface area contributed by atoms with Crippen molar-refractivity contribution in [2.45, 2.75) is 18.4 Å². The lowest BCUT2D eigenvalue weighted by molar-refractivity contribution is -0.156. The van der Waals surface area contributed by atoms with E-state index in [1.165, 1.54) is 12.0 Å². The minimum absolute atomic E-state index is 0.257. The summed E-state index contributed by atoms with van der Waals surface area (Å²) in [6.45, 7) is 0.785. The molecule has 2 amide bonds. The van der Waals surface area contributed by atoms with Gasteiger partial charge < -0.3 is 9.72 Å². The molecule has 0 spiro atoms. The predicted molar refractivity (Wildman–Crippen MR) is 114 cm³/mol. The Morgan fingerprint density at radius 1 is 1.10 bits per heavy atom. The zero-order valence-corrected chi connectivity index (χ0v) is 17.2. The molecule has 2 aliphatic heterocycles. The van der Waals surface area contributed by atoms with E-state index in [-0.39, 0.29) is 18.4 Å². The fourth-order valence-electron chi connectivity index (χ4n) is 5.06. The van der Waals surface area contributed by atoms with Gasteiger partial charge in [0.25, 0.3) is 5.91 Å². The maximum absolute atomic E-state index is 13.5. The average molecular weight is 417 g/mol. The Labute approximate surface area is 179 Å². The lowest BCUT2D eigenvalue weighted by Crippen LogP contribution is -2.60. The second kappa shape index (κ2) is 7.35. The van der Waals surface area contributed by atoms with Crippen molar-refractivity contribution in [3.8, 4) is 0 Å². The Kier molecular flexibility index (Phi) is 4.63. The largest absolute Gasteiger partial charge is 0.467 e. The van der Waals surface area contributed by atoms with Gasteiger partial charge in [-0.3, -0.25) is 19.8 Å². The number of imide groups is 1. The number of amides is 2. The highest BCUT2D eigenvalue weighted by Crippen LogP contribution is 2.43. The van der Waals surface area contributed by atoms with E-state index in [1.54, 1.807) is 24.3 Å². The number of para-hydroxylation sites is 1. The molecule has 3 aromatic rings. The van der Waals surface area contributed by atoms with Gasteiger partial charge >= 0.3 is 5.97 Å². The first-order valence-corrected chi connectivity index (χ1v) is 10.4. The molecule has 2 atom stereocenters. The number of benzene rings is 2. The molecule has 2 aromatic carbocycles. The highest BCUT2D eigenvalue weighted by Gasteiger charge is 2.58. The van der Waals surface area contributed by atoms with Crippen molar-refractivity contribution >= 4 is 28.7 Å². The lowest BCUT2D eigenvalue weighted by Gasteiger charge is -2.39. The molecule has 0 saturated carbocycles. The Bertz CT molecular complexity index is 1190. The van der Waals surface area contributed by atoms with E-state index in [9.17, 15) is 14.4 Å². The van der Waals surface area contributed by atoms with Gasteiger partial charge in [0.15, 0.2) is 5.54 Å². The Hall–Kier alpha value is -3.45. The van der Waals surface area contributed by atoms with Crippen molar-refractivity contribution in [1.29, 1.82) is 0 Å². The van der Waals surface area contributed by atoms with Gasteiger partial charge in [-0.15, -0.1) is 0 Å². The first-order valence-electron chi connectivity index (χ1n) is 10.4. The standard InChI is InChI=1S/C24H23N3O4/c1-31-23(30)24(20-17(11-13-25-24)16-9-5-6-10-19(16)26-20)18-12-14-27(22(18)29)21(28)15-7-3-2-4-8-15/h2-10,18,25-26H,11-14H2,1H3/t18-,24+/m0/s1. The van der Waals surface area contributed by atoms with E-state index in [4.69, 9.17) is 4.74 Å². The van der Waals surface area contributed by atoms with E-state index in [1.807, 2.05) is 30.3 Å². The molecule has 0 radical (unpaired) electrons. The molecule has 1 aromatic heterocycles. The van der Waals surface area contributed by atoms with E-state index in [0.29, 0.717) is 24.2 Å². The number of fused-ring (bicyclic) bond motifs is 3. The molecule has 3 heterocycles. The summed E-state index contributed by atoms with van der Waals surface area (Å²) in [4.78, 5) is 44.4. The third kappa shape index (κ3) is 2.80. The molecule has 5 rings (SSSR count). The highest BCUT2D eigenvalue weighted by atomic mass is 16.5. The van der Waals surface area contributed by atoms with Gasteiger partial charge in [0.05, 0.1) is 18.7 Å². The van der Waals surface area contributed by atoms with E-state index in [2.05, 4.69) is 10.3 Å². The van der Waals surface area contributed by atoms with Crippen LogP contribution in [0, 0.1) is 5.92 Å². The SMILES string of the molecule is COC(=O)[C@]1([C@H]2CCN(C(=O)c3ccccc3)C2=O)NCCc2c1[nH]c1ccccc21. The summed E-state index contributed by atoms with van der Waals surface area (Å²) in [5.74, 6) is -1.98. The molecule has 2 N–H and O–H groups in total. The molecule has 0 aliphatic carbocycles. The number of aromatic amines is 1. The lowest BCUT2D eigenvalue weighted by atomic mass is 9.75. The number of hydrogen-bond acceptors (Lipinski definition) is 5. The van der Waals surface area contributed by atoms with Crippen LogP contribution in [0.5, 0.6) is 0 Å². The van der Waals surface area contributed by atoms with Gasteiger partial charge in [0, 0.05) is 29.6 Å². The molecule has 0 unspecified atom stereocenters. The maximum atomic E-state index is 13.5. The minimum Gasteiger partial charge on any atom is -0.467 e. The van der Waals surface area contributed by atoms with Gasteiger partial charge in [-0.2, -0.15) is 0 Å². The molecule has 31 heavy (non-hydrogen) atoms. The molecule has 0 bridgehead atoms. The van der Waals surface area contributed by atoms with Crippen LogP contribution in [-0.4, -0.2) is 47.9 Å². The van der Waals surface area contributed by atoms with Crippen molar-refractivity contribution in [2.75, 3.05) is 20.2 Å². The van der Waals surface area contributed by atoms with Crippen LogP contribution in [0.1, 0.15) is 28.0 Å². The first kappa shape index (κ1) is 19.5. The minimum atomic E-state index is -1.36. The zero-order valence-electron chi connectivity index (χ0n) is 17.2. The Morgan fingerprint density at radius 2 is 1.84 bits per heavy atom. The monoisotopic (exact) mass is 417 g/mol. The average Bonchev–Trinajstić information content (AvgIpc) is 3.39. The van der Waals surface area contributed by atoms with Crippen LogP contribution < -0.4 is 5.32 Å². The summed E-state index contributed by atoms with van der Waals surface area (Å²) < 4.78 is 5.21. The number of likely N-dealkylation sites (tertiary alicyclic amines) is 1. The second-order valence-electron chi connectivity index (χ2n) is 8.00. The fraction of sp³-hybridized carbons (Fsp3) is 0.292. The second-order valence-corrected chi connectivity index (χ2v) is 8.00. The normalized spacial score (nSPS) is 23.1. The fourth-order valence-corrected chi connectivity index (χ4v) is 5.06. The number of nitrogens with one attached hydrogen (secondary N) is 2. The summed E-state index contributed by atoms with van der Waals surface area (Å²) in [6, 6.07) is 16.6. The number of aromatic nitrogens is 1. The molecule has 7 heteroatoms. The number of H-pyrrole nitrogens is 1. The predicted octanol–water partition coefficient (Wildman–Crippen LogP) is 2.37. The van der Waals surface area contributed by atoms with Crippen LogP contribution >= 0.6 is 0 Å². The van der Waals surface area contributed by atoms with Crippen molar-refractivity contribution in [2.24, 2.45) is 5.92 Å². The van der Waals surface area contributed by atoms with E-state index in [0.717, 1.165) is 22.9 Å². The zero-order chi connectivity index (χ0) is 21.6. The summed E-state index contributed by atoms with van der Waals surface area (Å²) in [5.41, 5.74) is 1.68.